The number of hydrogen-bond donors (Lipinski definition) is 1. The van der Waals surface area contributed by atoms with E-state index in [-0.39, 0.29) is 22.5 Å². The molecule has 0 unspecified atom stereocenters. The van der Waals surface area contributed by atoms with Crippen LogP contribution in [0.1, 0.15) is 0 Å². The Bertz CT molecular complexity index is 597. The molecule has 0 saturated heterocycles. The highest BCUT2D eigenvalue weighted by molar-refractivity contribution is 14.1. The second-order valence-electron chi connectivity index (χ2n) is 3.72. The topological polar surface area (TPSA) is 69.4 Å². The quantitative estimate of drug-likeness (QED) is 0.383. The van der Waals surface area contributed by atoms with Gasteiger partial charge in [-0.15, -0.1) is 0 Å². The molecule has 0 amide bonds. The van der Waals surface area contributed by atoms with Gasteiger partial charge in [0.2, 0.25) is 0 Å². The van der Waals surface area contributed by atoms with Gasteiger partial charge in [0.05, 0.1) is 5.56 Å². The second-order valence-corrected chi connectivity index (χ2v) is 4.99. The highest BCUT2D eigenvalue weighted by Crippen LogP contribution is 2.30. The predicted octanol–water partition coefficient (Wildman–Crippen LogP) is 3.75. The zero-order valence-corrected chi connectivity index (χ0v) is 11.6. The molecule has 2 aromatic carbocycles. The Morgan fingerprint density at radius 3 is 2.11 bits per heavy atom. The van der Waals surface area contributed by atoms with Crippen molar-refractivity contribution in [3.8, 4) is 11.1 Å². The fourth-order valence-corrected chi connectivity index (χ4v) is 2.20. The summed E-state index contributed by atoms with van der Waals surface area (Å²) in [5.74, 6) is -1.55. The van der Waals surface area contributed by atoms with Gasteiger partial charge < -0.3 is 14.2 Å². The summed E-state index contributed by atoms with van der Waals surface area (Å²) in [7, 11) is 0. The van der Waals surface area contributed by atoms with Crippen LogP contribution in [0.25, 0.3) is 11.1 Å². The third kappa shape index (κ3) is 2.87. The molecule has 2 rings (SSSR count). The maximum Gasteiger partial charge on any atom is 0.262 e. The summed E-state index contributed by atoms with van der Waals surface area (Å²) >= 11 is -1.85. The van der Waals surface area contributed by atoms with Crippen LogP contribution in [-0.2, 0) is 3.07 Å². The third-order valence-corrected chi connectivity index (χ3v) is 3.40. The number of rotatable bonds is 3. The number of benzene rings is 2. The molecule has 0 aliphatic heterocycles. The third-order valence-electron chi connectivity index (χ3n) is 2.49. The van der Waals surface area contributed by atoms with Crippen LogP contribution in [0.15, 0.2) is 36.4 Å². The molecule has 0 aliphatic rings. The van der Waals surface area contributed by atoms with Gasteiger partial charge >= 0.3 is 0 Å². The normalized spacial score (nSPS) is 10.5. The van der Waals surface area contributed by atoms with Gasteiger partial charge in [-0.25, -0.2) is 11.8 Å². The highest BCUT2D eigenvalue weighted by atomic mass is 127. The average molecular weight is 377 g/mol. The molecule has 0 bridgehead atoms. The molecule has 2 aromatic rings. The van der Waals surface area contributed by atoms with E-state index in [0.717, 1.165) is 12.1 Å². The van der Waals surface area contributed by atoms with Crippen LogP contribution in [-0.4, -0.2) is 0 Å². The number of hydrogen-bond acceptors (Lipinski definition) is 3. The monoisotopic (exact) mass is 377 g/mol. The van der Waals surface area contributed by atoms with Crippen LogP contribution in [0, 0.1) is 16.8 Å². The van der Waals surface area contributed by atoms with Crippen LogP contribution in [0.5, 0.6) is 0 Å². The van der Waals surface area contributed by atoms with Gasteiger partial charge in [0.25, 0.3) is 21.5 Å². The summed E-state index contributed by atoms with van der Waals surface area (Å²) in [4.78, 5) is 0. The molecule has 0 heterocycles. The summed E-state index contributed by atoms with van der Waals surface area (Å²) in [6.07, 6.45) is 0. The number of halogens is 3. The Labute approximate surface area is 118 Å². The zero-order valence-electron chi connectivity index (χ0n) is 9.44. The van der Waals surface area contributed by atoms with Crippen molar-refractivity contribution in [2.75, 3.05) is 9.01 Å². The fraction of sp³-hybridized carbons (Fsp3) is 0. The molecule has 4 nitrogen and oxygen atoms in total. The van der Waals surface area contributed by atoms with E-state index in [4.69, 9.17) is 5.73 Å². The van der Waals surface area contributed by atoms with Crippen molar-refractivity contribution in [2.45, 2.75) is 0 Å². The largest absolute Gasteiger partial charge is 0.748 e. The van der Waals surface area contributed by atoms with E-state index >= 15 is 0 Å². The molecule has 0 fully saturated rings. The standard InChI is InChI=1S/C12H8F2IN2O2/c13-10-5-8(16)6-11(14)12(10)7-1-3-9(4-2-7)17(19)15-18/h1-6H,16H2/q-1. The molecule has 0 atom stereocenters. The first-order valence-electron chi connectivity index (χ1n) is 5.12. The lowest BCUT2D eigenvalue weighted by Gasteiger charge is -2.20. The van der Waals surface area contributed by atoms with Crippen molar-refractivity contribution in [3.63, 3.8) is 0 Å². The molecule has 19 heavy (non-hydrogen) atoms. The van der Waals surface area contributed by atoms with Crippen molar-refractivity contribution in [2.24, 2.45) is 0 Å². The molecule has 0 spiro atoms. The Kier molecular flexibility index (Phi) is 4.05. The summed E-state index contributed by atoms with van der Waals surface area (Å²) in [6.45, 7) is 0. The smallest absolute Gasteiger partial charge is 0.262 e. The summed E-state index contributed by atoms with van der Waals surface area (Å²) in [6, 6.07) is 7.53. The summed E-state index contributed by atoms with van der Waals surface area (Å²) in [5.41, 5.74) is 5.57. The van der Waals surface area contributed by atoms with Gasteiger partial charge in [0.15, 0.2) is 0 Å². The molecular formula is C12H8F2IN2O2-. The predicted molar refractivity (Wildman–Crippen MR) is 76.8 cm³/mol. The minimum absolute atomic E-state index is 0.00258. The fourth-order valence-electron chi connectivity index (χ4n) is 1.65. The van der Waals surface area contributed by atoms with Crippen LogP contribution in [0.2, 0.25) is 0 Å². The van der Waals surface area contributed by atoms with E-state index in [0.29, 0.717) is 3.28 Å². The first-order valence-corrected chi connectivity index (χ1v) is 6.97. The number of anilines is 2. The maximum atomic E-state index is 13.7. The van der Waals surface area contributed by atoms with Gasteiger partial charge in [-0.05, 0) is 29.8 Å². The van der Waals surface area contributed by atoms with Crippen LogP contribution >= 0.6 is 21.5 Å². The zero-order chi connectivity index (χ0) is 14.0. The van der Waals surface area contributed by atoms with Gasteiger partial charge in [-0.3, -0.25) is 0 Å². The molecule has 0 saturated carbocycles. The van der Waals surface area contributed by atoms with E-state index in [9.17, 15) is 17.1 Å². The van der Waals surface area contributed by atoms with E-state index in [1.165, 1.54) is 24.3 Å². The van der Waals surface area contributed by atoms with Gasteiger partial charge in [0.1, 0.15) is 11.6 Å². The maximum absolute atomic E-state index is 13.7. The van der Waals surface area contributed by atoms with Gasteiger partial charge in [-0.2, -0.15) is 0 Å². The molecule has 7 heteroatoms. The molecule has 100 valence electrons. The molecule has 0 aliphatic carbocycles. The van der Waals surface area contributed by atoms with Crippen LogP contribution < -0.4 is 9.01 Å². The SMILES string of the molecule is Nc1cc(F)c(-c2ccc(N([O-])I=O)cc2)c(F)c1. The molecular weight excluding hydrogens is 369 g/mol. The minimum atomic E-state index is -1.85. The summed E-state index contributed by atoms with van der Waals surface area (Å²) in [5, 5.41) is 11.1. The van der Waals surface area contributed by atoms with E-state index in [1.54, 1.807) is 0 Å². The van der Waals surface area contributed by atoms with Crippen LogP contribution in [0.4, 0.5) is 20.2 Å². The van der Waals surface area contributed by atoms with Gasteiger partial charge in [-0.1, -0.05) is 12.1 Å². The lowest BCUT2D eigenvalue weighted by Crippen LogP contribution is -1.98. The summed E-state index contributed by atoms with van der Waals surface area (Å²) < 4.78 is 38.2. The Morgan fingerprint density at radius 1 is 1.11 bits per heavy atom. The van der Waals surface area contributed by atoms with E-state index in [2.05, 4.69) is 0 Å². The number of nitrogens with two attached hydrogens (primary N) is 1. The molecule has 2 N–H and O–H groups in total. The van der Waals surface area contributed by atoms with Crippen LogP contribution in [0.3, 0.4) is 0 Å². The molecule has 0 aromatic heterocycles. The number of nitrogens with zero attached hydrogens (tertiary/aromatic N) is 1. The Balaban J connectivity index is 2.46. The van der Waals surface area contributed by atoms with Gasteiger partial charge in [0, 0.05) is 11.4 Å². The lowest BCUT2D eigenvalue weighted by molar-refractivity contribution is 0.591. The van der Waals surface area contributed by atoms with E-state index < -0.39 is 33.1 Å². The van der Waals surface area contributed by atoms with Crippen molar-refractivity contribution >= 4 is 32.8 Å². The minimum Gasteiger partial charge on any atom is -0.748 e. The first-order chi connectivity index (χ1) is 9.02. The highest BCUT2D eigenvalue weighted by Gasteiger charge is 2.12. The van der Waals surface area contributed by atoms with E-state index in [1.807, 2.05) is 0 Å². The van der Waals surface area contributed by atoms with Crippen molar-refractivity contribution in [1.82, 2.24) is 0 Å². The lowest BCUT2D eigenvalue weighted by atomic mass is 10.0. The second kappa shape index (κ2) is 5.57. The molecule has 0 radical (unpaired) electrons. The number of nitrogen functional groups attached to an aromatic ring is 1. The Hall–Kier alpha value is -1.61. The van der Waals surface area contributed by atoms with Crippen molar-refractivity contribution in [1.29, 1.82) is 0 Å². The Morgan fingerprint density at radius 2 is 1.63 bits per heavy atom. The van der Waals surface area contributed by atoms with Crippen molar-refractivity contribution in [3.05, 3.63) is 53.2 Å². The van der Waals surface area contributed by atoms with Crippen molar-refractivity contribution < 1.29 is 11.8 Å². The average Bonchev–Trinajstić information content (AvgIpc) is 2.37. The first kappa shape index (κ1) is 13.8.